The molecule has 4 heterocycles. The first kappa shape index (κ1) is 41.0. The summed E-state index contributed by atoms with van der Waals surface area (Å²) in [6.07, 6.45) is 2.28. The van der Waals surface area contributed by atoms with Gasteiger partial charge in [0, 0.05) is 56.4 Å². The van der Waals surface area contributed by atoms with Gasteiger partial charge in [-0.2, -0.15) is 0 Å². The molecule has 0 unspecified atom stereocenters. The van der Waals surface area contributed by atoms with Crippen molar-refractivity contribution in [3.05, 3.63) is 173 Å². The van der Waals surface area contributed by atoms with Gasteiger partial charge in [-0.25, -0.2) is 0 Å². The summed E-state index contributed by atoms with van der Waals surface area (Å²) in [5, 5.41) is 2.23. The van der Waals surface area contributed by atoms with Crippen LogP contribution in [0.1, 0.15) is 89.1 Å². The number of hydrogen-bond acceptors (Lipinski definition) is 5. The molecule has 0 fully saturated rings. The molecule has 1 aromatic heterocycles. The van der Waals surface area contributed by atoms with E-state index in [4.69, 9.17) is 13.9 Å². The topological polar surface area (TPSA) is 38.1 Å². The van der Waals surface area contributed by atoms with Crippen molar-refractivity contribution in [2.45, 2.75) is 91.4 Å². The van der Waals surface area contributed by atoms with Crippen molar-refractivity contribution in [1.82, 2.24) is 0 Å². The zero-order valence-electron chi connectivity index (χ0n) is 40.5. The molecule has 0 saturated carbocycles. The molecule has 4 aliphatic rings. The summed E-state index contributed by atoms with van der Waals surface area (Å²) in [5.74, 6) is 2.83. The molecule has 0 spiro atoms. The number of nitrogens with zero attached hydrogens (tertiary/aromatic N) is 2. The zero-order valence-corrected chi connectivity index (χ0v) is 40.5. The fraction of sp³-hybridized carbons (Fsp3) is 0.226. The standard InChI is InChI=1S/C62H55BN2O3/c1-36-29-43-57-48(26-24-41-40-19-13-14-20-52(40)68-59(41)57)65(47-25-23-39(60(3,4)5)32-42(47)38-17-11-10-12-18-38)63-46-34-55-56(67-54-22-16-15-21-53(54)66-55)35-50(46)64(51(30-36)58(43)63)49-33-45-44(31-37(49)2)61(6,7)27-28-62(45,8)9/h10-26,29-35H,27-28H2,1-9H3. The van der Waals surface area contributed by atoms with Gasteiger partial charge in [-0.1, -0.05) is 127 Å². The van der Waals surface area contributed by atoms with Gasteiger partial charge in [-0.3, -0.25) is 0 Å². The maximum Gasteiger partial charge on any atom is 0.333 e. The highest BCUT2D eigenvalue weighted by molar-refractivity contribution is 6.94. The molecule has 0 saturated heterocycles. The van der Waals surface area contributed by atoms with Crippen molar-refractivity contribution < 1.29 is 13.9 Å². The van der Waals surface area contributed by atoms with E-state index in [1.807, 2.05) is 24.3 Å². The number of ether oxygens (including phenoxy) is 2. The number of furan rings is 1. The molecule has 1 aliphatic carbocycles. The van der Waals surface area contributed by atoms with Gasteiger partial charge in [0.25, 0.3) is 0 Å². The molecule has 68 heavy (non-hydrogen) atoms. The highest BCUT2D eigenvalue weighted by Crippen LogP contribution is 2.56. The quantitative estimate of drug-likeness (QED) is 0.165. The Labute approximate surface area is 400 Å². The highest BCUT2D eigenvalue weighted by Gasteiger charge is 2.48. The van der Waals surface area contributed by atoms with Gasteiger partial charge >= 0.3 is 6.85 Å². The summed E-state index contributed by atoms with van der Waals surface area (Å²) in [7, 11) is 0. The molecule has 0 radical (unpaired) electrons. The van der Waals surface area contributed by atoms with Crippen LogP contribution < -0.4 is 30.1 Å². The Kier molecular flexibility index (Phi) is 8.56. The third-order valence-corrected chi connectivity index (χ3v) is 15.7. The molecule has 334 valence electrons. The lowest BCUT2D eigenvalue weighted by Crippen LogP contribution is -2.61. The first-order valence-electron chi connectivity index (χ1n) is 24.3. The van der Waals surface area contributed by atoms with E-state index in [1.54, 1.807) is 0 Å². The minimum Gasteiger partial charge on any atom is -0.455 e. The molecule has 6 heteroatoms. The van der Waals surface area contributed by atoms with Crippen LogP contribution in [0.3, 0.4) is 0 Å². The van der Waals surface area contributed by atoms with E-state index < -0.39 is 0 Å². The lowest BCUT2D eigenvalue weighted by atomic mass is 9.43. The van der Waals surface area contributed by atoms with Gasteiger partial charge in [0.2, 0.25) is 0 Å². The van der Waals surface area contributed by atoms with Crippen LogP contribution in [0.25, 0.3) is 44.2 Å². The number of hydrogen-bond donors (Lipinski definition) is 0. The van der Waals surface area contributed by atoms with Crippen molar-refractivity contribution in [3.8, 4) is 45.3 Å². The summed E-state index contributed by atoms with van der Waals surface area (Å²) in [5.41, 5.74) is 21.0. The Morgan fingerprint density at radius 3 is 1.94 bits per heavy atom. The number of para-hydroxylation sites is 3. The molecular weight excluding hydrogens is 832 g/mol. The number of fused-ring (bicyclic) bond motifs is 11. The molecule has 5 nitrogen and oxygen atoms in total. The monoisotopic (exact) mass is 886 g/mol. The van der Waals surface area contributed by atoms with E-state index in [2.05, 4.69) is 193 Å². The van der Waals surface area contributed by atoms with E-state index in [0.717, 1.165) is 68.6 Å². The van der Waals surface area contributed by atoms with E-state index in [9.17, 15) is 0 Å². The summed E-state index contributed by atoms with van der Waals surface area (Å²) in [6, 6.07) is 53.5. The minimum atomic E-state index is -0.275. The first-order chi connectivity index (χ1) is 32.6. The lowest BCUT2D eigenvalue weighted by Gasteiger charge is -2.47. The van der Waals surface area contributed by atoms with E-state index in [1.165, 1.54) is 55.7 Å². The molecule has 0 N–H and O–H groups in total. The smallest absolute Gasteiger partial charge is 0.333 e. The van der Waals surface area contributed by atoms with Gasteiger partial charge in [0.05, 0.1) is 0 Å². The maximum atomic E-state index is 7.07. The maximum absolute atomic E-state index is 7.07. The molecule has 0 amide bonds. The van der Waals surface area contributed by atoms with Crippen LogP contribution in [-0.4, -0.2) is 6.85 Å². The van der Waals surface area contributed by atoms with Crippen molar-refractivity contribution in [2.24, 2.45) is 0 Å². The fourth-order valence-electron chi connectivity index (χ4n) is 11.9. The average molecular weight is 887 g/mol. The molecular formula is C62H55BN2O3. The van der Waals surface area contributed by atoms with Crippen molar-refractivity contribution in [1.29, 1.82) is 0 Å². The van der Waals surface area contributed by atoms with Crippen LogP contribution in [0.4, 0.5) is 28.4 Å². The number of rotatable bonds is 3. The van der Waals surface area contributed by atoms with Crippen LogP contribution in [0.5, 0.6) is 23.0 Å². The summed E-state index contributed by atoms with van der Waals surface area (Å²) in [6.45, 7) is 20.9. The molecule has 0 atom stereocenters. The highest BCUT2D eigenvalue weighted by atomic mass is 16.6. The number of aryl methyl sites for hydroxylation is 2. The Morgan fingerprint density at radius 2 is 1.21 bits per heavy atom. The second-order valence-electron chi connectivity index (χ2n) is 22.1. The predicted molar refractivity (Wildman–Crippen MR) is 283 cm³/mol. The fourth-order valence-corrected chi connectivity index (χ4v) is 11.9. The molecule has 9 aromatic rings. The average Bonchev–Trinajstić information content (AvgIpc) is 3.71. The molecule has 0 bridgehead atoms. The minimum absolute atomic E-state index is 0.00664. The Hall–Kier alpha value is -7.18. The molecule has 8 aromatic carbocycles. The Morgan fingerprint density at radius 1 is 0.544 bits per heavy atom. The Bertz CT molecular complexity index is 3610. The first-order valence-corrected chi connectivity index (χ1v) is 24.3. The van der Waals surface area contributed by atoms with Gasteiger partial charge in [0.1, 0.15) is 11.2 Å². The third-order valence-electron chi connectivity index (χ3n) is 15.7. The Balaban J connectivity index is 1.17. The van der Waals surface area contributed by atoms with Crippen molar-refractivity contribution in [3.63, 3.8) is 0 Å². The number of anilines is 5. The van der Waals surface area contributed by atoms with Crippen LogP contribution in [0, 0.1) is 13.8 Å². The largest absolute Gasteiger partial charge is 0.455 e. The van der Waals surface area contributed by atoms with Crippen molar-refractivity contribution in [2.75, 3.05) is 9.71 Å². The second kappa shape index (κ2) is 14.2. The third kappa shape index (κ3) is 5.95. The van der Waals surface area contributed by atoms with Gasteiger partial charge < -0.3 is 23.6 Å². The van der Waals surface area contributed by atoms with Crippen molar-refractivity contribution >= 4 is 68.1 Å². The summed E-state index contributed by atoms with van der Waals surface area (Å²) < 4.78 is 20.7. The van der Waals surface area contributed by atoms with Gasteiger partial charge in [0.15, 0.2) is 23.0 Å². The predicted octanol–water partition coefficient (Wildman–Crippen LogP) is 16.1. The van der Waals surface area contributed by atoms with Gasteiger partial charge in [-0.15, -0.1) is 0 Å². The van der Waals surface area contributed by atoms with E-state index in [0.29, 0.717) is 23.0 Å². The van der Waals surface area contributed by atoms with E-state index >= 15 is 0 Å². The van der Waals surface area contributed by atoms with Crippen LogP contribution >= 0.6 is 0 Å². The SMILES string of the molecule is Cc1cc2c3c(c1)N(c1cc4c(cc1C)C(C)(C)CCC4(C)C)c1cc4c(cc1B3N(c1ccc(C(C)(C)C)cc1-c1ccccc1)c1ccc3c(oc5ccccc53)c1-2)Oc1ccccc1O4. The lowest BCUT2D eigenvalue weighted by molar-refractivity contribution is 0.332. The molecule has 3 aliphatic heterocycles. The van der Waals surface area contributed by atoms with Gasteiger partial charge in [-0.05, 0) is 153 Å². The zero-order chi connectivity index (χ0) is 46.6. The molecule has 13 rings (SSSR count). The second-order valence-corrected chi connectivity index (χ2v) is 22.1. The van der Waals surface area contributed by atoms with Crippen LogP contribution in [0.2, 0.25) is 0 Å². The summed E-state index contributed by atoms with van der Waals surface area (Å²) >= 11 is 0. The summed E-state index contributed by atoms with van der Waals surface area (Å²) in [4.78, 5) is 5.17. The van der Waals surface area contributed by atoms with E-state index in [-0.39, 0.29) is 23.1 Å². The van der Waals surface area contributed by atoms with Crippen LogP contribution in [-0.2, 0) is 16.2 Å². The van der Waals surface area contributed by atoms with Crippen LogP contribution in [0.15, 0.2) is 150 Å². The normalized spacial score (nSPS) is 16.0. The number of benzene rings is 8.